The van der Waals surface area contributed by atoms with E-state index in [4.69, 9.17) is 17.0 Å². The third-order valence-electron chi connectivity index (χ3n) is 2.84. The minimum atomic E-state index is 0.141. The van der Waals surface area contributed by atoms with Gasteiger partial charge in [-0.25, -0.2) is 0 Å². The second kappa shape index (κ2) is 4.70. The lowest BCUT2D eigenvalue weighted by Gasteiger charge is -2.19. The SMILES string of the molecule is COc1cccc(C(=S)N2CCCC2)c1O. The number of para-hydroxylation sites is 1. The van der Waals surface area contributed by atoms with Gasteiger partial charge in [0.1, 0.15) is 4.99 Å². The molecule has 1 heterocycles. The van der Waals surface area contributed by atoms with Gasteiger partial charge in [0.15, 0.2) is 11.5 Å². The van der Waals surface area contributed by atoms with E-state index < -0.39 is 0 Å². The van der Waals surface area contributed by atoms with Crippen LogP contribution in [0.4, 0.5) is 0 Å². The number of phenolic OH excluding ortho intramolecular Hbond substituents is 1. The Morgan fingerprint density at radius 3 is 2.69 bits per heavy atom. The van der Waals surface area contributed by atoms with Crippen LogP contribution in [0.2, 0.25) is 0 Å². The molecule has 2 rings (SSSR count). The lowest BCUT2D eigenvalue weighted by molar-refractivity contribution is 0.372. The zero-order valence-corrected chi connectivity index (χ0v) is 10.1. The maximum atomic E-state index is 9.98. The second-order valence-corrected chi connectivity index (χ2v) is 4.24. The zero-order valence-electron chi connectivity index (χ0n) is 9.27. The molecule has 0 bridgehead atoms. The predicted octanol–water partition coefficient (Wildman–Crippen LogP) is 2.17. The van der Waals surface area contributed by atoms with Crippen LogP contribution in [-0.2, 0) is 0 Å². The van der Waals surface area contributed by atoms with Gasteiger partial charge in [-0.3, -0.25) is 0 Å². The van der Waals surface area contributed by atoms with Crippen LogP contribution in [0, 0.1) is 0 Å². The Labute approximate surface area is 101 Å². The van der Waals surface area contributed by atoms with E-state index in [1.807, 2.05) is 12.1 Å². The van der Waals surface area contributed by atoms with Gasteiger partial charge in [-0.15, -0.1) is 0 Å². The number of hydrogen-bond acceptors (Lipinski definition) is 3. The standard InChI is InChI=1S/C12H15NO2S/c1-15-10-6-4-5-9(11(10)14)12(16)13-7-2-3-8-13/h4-6,14H,2-3,7-8H2,1H3. The average molecular weight is 237 g/mol. The molecule has 16 heavy (non-hydrogen) atoms. The van der Waals surface area contributed by atoms with Crippen LogP contribution < -0.4 is 4.74 Å². The van der Waals surface area contributed by atoms with E-state index in [1.54, 1.807) is 6.07 Å². The number of aromatic hydroxyl groups is 1. The molecule has 0 atom stereocenters. The van der Waals surface area contributed by atoms with E-state index in [9.17, 15) is 5.11 Å². The maximum absolute atomic E-state index is 9.98. The first-order valence-electron chi connectivity index (χ1n) is 5.39. The molecule has 1 saturated heterocycles. The summed E-state index contributed by atoms with van der Waals surface area (Å²) in [6.07, 6.45) is 2.34. The van der Waals surface area contributed by atoms with Crippen LogP contribution in [-0.4, -0.2) is 35.2 Å². The number of methoxy groups -OCH3 is 1. The lowest BCUT2D eigenvalue weighted by atomic mass is 10.1. The number of hydrogen-bond donors (Lipinski definition) is 1. The summed E-state index contributed by atoms with van der Waals surface area (Å²) in [6, 6.07) is 5.40. The van der Waals surface area contributed by atoms with Crippen molar-refractivity contribution in [3.8, 4) is 11.5 Å². The van der Waals surface area contributed by atoms with Gasteiger partial charge in [-0.2, -0.15) is 0 Å². The van der Waals surface area contributed by atoms with E-state index in [1.165, 1.54) is 20.0 Å². The number of nitrogens with zero attached hydrogens (tertiary/aromatic N) is 1. The van der Waals surface area contributed by atoms with Crippen molar-refractivity contribution < 1.29 is 9.84 Å². The molecule has 0 amide bonds. The number of likely N-dealkylation sites (tertiary alicyclic amines) is 1. The summed E-state index contributed by atoms with van der Waals surface area (Å²) in [5.74, 6) is 0.612. The van der Waals surface area contributed by atoms with Crippen molar-refractivity contribution in [1.82, 2.24) is 4.90 Å². The molecule has 0 aromatic heterocycles. The summed E-state index contributed by atoms with van der Waals surface area (Å²) in [5.41, 5.74) is 0.691. The van der Waals surface area contributed by atoms with Crippen molar-refractivity contribution >= 4 is 17.2 Å². The van der Waals surface area contributed by atoms with Gasteiger partial charge in [-0.05, 0) is 25.0 Å². The Morgan fingerprint density at radius 1 is 1.38 bits per heavy atom. The van der Waals surface area contributed by atoms with Crippen molar-refractivity contribution in [2.24, 2.45) is 0 Å². The first-order chi connectivity index (χ1) is 7.74. The van der Waals surface area contributed by atoms with Gasteiger partial charge >= 0.3 is 0 Å². The molecule has 1 aromatic rings. The van der Waals surface area contributed by atoms with Crippen LogP contribution in [0.25, 0.3) is 0 Å². The Morgan fingerprint density at radius 2 is 2.06 bits per heavy atom. The van der Waals surface area contributed by atoms with Crippen LogP contribution in [0.15, 0.2) is 18.2 Å². The first kappa shape index (κ1) is 11.2. The van der Waals surface area contributed by atoms with Crippen LogP contribution >= 0.6 is 12.2 Å². The molecule has 86 valence electrons. The summed E-state index contributed by atoms with van der Waals surface area (Å²) in [6.45, 7) is 1.96. The number of thiocarbonyl (C=S) groups is 1. The molecule has 0 radical (unpaired) electrons. The summed E-state index contributed by atoms with van der Waals surface area (Å²) >= 11 is 5.39. The predicted molar refractivity (Wildman–Crippen MR) is 67.2 cm³/mol. The number of rotatable bonds is 2. The smallest absolute Gasteiger partial charge is 0.168 e. The third-order valence-corrected chi connectivity index (χ3v) is 3.32. The molecule has 1 N–H and O–H groups in total. The number of benzene rings is 1. The molecular weight excluding hydrogens is 222 g/mol. The molecule has 3 nitrogen and oxygen atoms in total. The molecular formula is C12H15NO2S. The van der Waals surface area contributed by atoms with Crippen LogP contribution in [0.5, 0.6) is 11.5 Å². The highest BCUT2D eigenvalue weighted by atomic mass is 32.1. The minimum absolute atomic E-state index is 0.141. The first-order valence-corrected chi connectivity index (χ1v) is 5.80. The van der Waals surface area contributed by atoms with Gasteiger partial charge in [0.25, 0.3) is 0 Å². The Balaban J connectivity index is 2.29. The fourth-order valence-corrected chi connectivity index (χ4v) is 2.30. The maximum Gasteiger partial charge on any atom is 0.168 e. The molecule has 1 aromatic carbocycles. The quantitative estimate of drug-likeness (QED) is 0.799. The summed E-state index contributed by atoms with van der Waals surface area (Å²) in [7, 11) is 1.54. The lowest BCUT2D eigenvalue weighted by Crippen LogP contribution is -2.26. The van der Waals surface area contributed by atoms with Gasteiger partial charge < -0.3 is 14.7 Å². The van der Waals surface area contributed by atoms with Crippen molar-refractivity contribution in [2.75, 3.05) is 20.2 Å². The molecule has 0 aliphatic carbocycles. The largest absolute Gasteiger partial charge is 0.504 e. The Hall–Kier alpha value is -1.29. The molecule has 1 fully saturated rings. The minimum Gasteiger partial charge on any atom is -0.504 e. The molecule has 1 aliphatic heterocycles. The number of phenols is 1. The van der Waals surface area contributed by atoms with Crippen molar-refractivity contribution in [1.29, 1.82) is 0 Å². The van der Waals surface area contributed by atoms with Gasteiger partial charge in [0.2, 0.25) is 0 Å². The van der Waals surface area contributed by atoms with Crippen molar-refractivity contribution in [3.05, 3.63) is 23.8 Å². The van der Waals surface area contributed by atoms with Crippen LogP contribution in [0.1, 0.15) is 18.4 Å². The van der Waals surface area contributed by atoms with E-state index in [0.29, 0.717) is 16.3 Å². The van der Waals surface area contributed by atoms with Gasteiger partial charge in [0, 0.05) is 13.1 Å². The topological polar surface area (TPSA) is 32.7 Å². The van der Waals surface area contributed by atoms with Gasteiger partial charge in [0.05, 0.1) is 12.7 Å². The van der Waals surface area contributed by atoms with E-state index in [2.05, 4.69) is 4.90 Å². The highest BCUT2D eigenvalue weighted by Crippen LogP contribution is 2.31. The molecule has 0 saturated carbocycles. The fraction of sp³-hybridized carbons (Fsp3) is 0.417. The molecule has 0 spiro atoms. The highest BCUT2D eigenvalue weighted by molar-refractivity contribution is 7.80. The number of ether oxygens (including phenoxy) is 1. The molecule has 4 heteroatoms. The van der Waals surface area contributed by atoms with Crippen LogP contribution in [0.3, 0.4) is 0 Å². The van der Waals surface area contributed by atoms with E-state index >= 15 is 0 Å². The van der Waals surface area contributed by atoms with Gasteiger partial charge in [-0.1, -0.05) is 18.3 Å². The molecule has 0 unspecified atom stereocenters. The Bertz CT molecular complexity index is 400. The second-order valence-electron chi connectivity index (χ2n) is 3.86. The third kappa shape index (κ3) is 1.97. The van der Waals surface area contributed by atoms with Crippen molar-refractivity contribution in [3.63, 3.8) is 0 Å². The highest BCUT2D eigenvalue weighted by Gasteiger charge is 2.19. The normalized spacial score (nSPS) is 15.2. The summed E-state index contributed by atoms with van der Waals surface area (Å²) < 4.78 is 5.07. The fourth-order valence-electron chi connectivity index (χ4n) is 1.95. The zero-order chi connectivity index (χ0) is 11.5. The summed E-state index contributed by atoms with van der Waals surface area (Å²) in [4.78, 5) is 2.85. The average Bonchev–Trinajstić information content (AvgIpc) is 2.82. The molecule has 1 aliphatic rings. The monoisotopic (exact) mass is 237 g/mol. The Kier molecular flexibility index (Phi) is 3.29. The van der Waals surface area contributed by atoms with E-state index in [-0.39, 0.29) is 5.75 Å². The van der Waals surface area contributed by atoms with Crippen molar-refractivity contribution in [2.45, 2.75) is 12.8 Å². The summed E-state index contributed by atoms with van der Waals surface area (Å²) in [5, 5.41) is 9.98. The van der Waals surface area contributed by atoms with E-state index in [0.717, 1.165) is 13.1 Å².